The van der Waals surface area contributed by atoms with E-state index in [4.69, 9.17) is 53.6 Å². The van der Waals surface area contributed by atoms with E-state index in [1.807, 2.05) is 50.2 Å². The van der Waals surface area contributed by atoms with Crippen molar-refractivity contribution >= 4 is 35.0 Å². The second kappa shape index (κ2) is 25.4. The monoisotopic (exact) mass is 986 g/mol. The predicted molar refractivity (Wildman–Crippen MR) is 263 cm³/mol. The zero-order valence-electron chi connectivity index (χ0n) is 38.5. The van der Waals surface area contributed by atoms with Crippen LogP contribution in [0.5, 0.6) is 23.0 Å². The van der Waals surface area contributed by atoms with E-state index in [-0.39, 0.29) is 65.4 Å². The fourth-order valence-electron chi connectivity index (χ4n) is 7.43. The van der Waals surface area contributed by atoms with Crippen molar-refractivity contribution in [1.29, 1.82) is 10.5 Å². The molecule has 0 fully saturated rings. The molecule has 0 saturated carbocycles. The van der Waals surface area contributed by atoms with Crippen LogP contribution in [-0.2, 0) is 49.1 Å². The Bertz CT molecular complexity index is 2710. The second-order valence-electron chi connectivity index (χ2n) is 16.4. The molecule has 2 atom stereocenters. The Labute approximate surface area is 415 Å². The van der Waals surface area contributed by atoms with Crippen LogP contribution in [0, 0.1) is 36.5 Å². The lowest BCUT2D eigenvalue weighted by Crippen LogP contribution is -2.30. The van der Waals surface area contributed by atoms with Crippen LogP contribution in [-0.4, -0.2) is 57.3 Å². The number of nitrogens with two attached hydrogens (primary N) is 2. The lowest BCUT2D eigenvalue weighted by atomic mass is 9.92. The first kappa shape index (κ1) is 52.1. The third-order valence-electron chi connectivity index (χ3n) is 11.1. The van der Waals surface area contributed by atoms with Crippen molar-refractivity contribution in [2.45, 2.75) is 78.4 Å². The third kappa shape index (κ3) is 14.9. The van der Waals surface area contributed by atoms with Crippen LogP contribution in [0.25, 0.3) is 11.1 Å². The van der Waals surface area contributed by atoms with Crippen molar-refractivity contribution in [3.63, 3.8) is 0 Å². The lowest BCUT2D eigenvalue weighted by molar-refractivity contribution is -0.120. The molecule has 0 unspecified atom stereocenters. The highest BCUT2D eigenvalue weighted by Gasteiger charge is 2.18. The number of carbonyl (C=O) groups is 2. The summed E-state index contributed by atoms with van der Waals surface area (Å²) in [4.78, 5) is 30.8. The van der Waals surface area contributed by atoms with E-state index in [1.54, 1.807) is 48.8 Å². The number of aliphatic hydroxyl groups is 2. The molecule has 0 bridgehead atoms. The number of nitriles is 2. The number of aliphatic hydroxyl groups excluding tert-OH is 2. The van der Waals surface area contributed by atoms with Crippen LogP contribution in [0.3, 0.4) is 0 Å². The number of nitrogens with zero attached hydrogens (tertiary/aromatic N) is 4. The summed E-state index contributed by atoms with van der Waals surface area (Å²) in [6, 6.07) is 26.4. The normalized spacial score (nSPS) is 11.8. The van der Waals surface area contributed by atoms with Gasteiger partial charge in [-0.15, -0.1) is 0 Å². The number of aromatic nitrogens is 2. The van der Waals surface area contributed by atoms with Gasteiger partial charge in [-0.1, -0.05) is 59.6 Å². The van der Waals surface area contributed by atoms with E-state index in [1.165, 1.54) is 12.4 Å². The molecule has 0 spiro atoms. The van der Waals surface area contributed by atoms with E-state index < -0.39 is 24.0 Å². The Kier molecular flexibility index (Phi) is 18.9. The van der Waals surface area contributed by atoms with Gasteiger partial charge in [0, 0.05) is 85.4 Å². The van der Waals surface area contributed by atoms with Gasteiger partial charge in [0.2, 0.25) is 11.8 Å². The molecule has 2 amide bonds. The van der Waals surface area contributed by atoms with Crippen molar-refractivity contribution in [2.24, 2.45) is 11.5 Å². The Morgan fingerprint density at radius 3 is 1.39 bits per heavy atom. The first-order chi connectivity index (χ1) is 33.7. The maximum absolute atomic E-state index is 11.3. The van der Waals surface area contributed by atoms with Crippen molar-refractivity contribution in [3.05, 3.63) is 163 Å². The highest BCUT2D eigenvalue weighted by molar-refractivity contribution is 6.32. The summed E-state index contributed by atoms with van der Waals surface area (Å²) in [7, 11) is 0. The largest absolute Gasteiger partial charge is 0.488 e. The van der Waals surface area contributed by atoms with E-state index in [0.717, 1.165) is 33.4 Å². The summed E-state index contributed by atoms with van der Waals surface area (Å²) in [5, 5.41) is 46.0. The Morgan fingerprint density at radius 1 is 0.600 bits per heavy atom. The summed E-state index contributed by atoms with van der Waals surface area (Å²) in [6.45, 7) is 5.30. The van der Waals surface area contributed by atoms with Gasteiger partial charge in [-0.2, -0.15) is 10.5 Å². The zero-order valence-corrected chi connectivity index (χ0v) is 40.0. The van der Waals surface area contributed by atoms with Gasteiger partial charge in [-0.3, -0.25) is 19.6 Å². The van der Waals surface area contributed by atoms with Gasteiger partial charge < -0.3 is 51.3 Å². The molecule has 0 radical (unpaired) electrons. The van der Waals surface area contributed by atoms with Gasteiger partial charge in [0.1, 0.15) is 61.6 Å². The molecule has 6 rings (SSSR count). The van der Waals surface area contributed by atoms with E-state index in [2.05, 4.69) is 32.7 Å². The van der Waals surface area contributed by atoms with E-state index in [9.17, 15) is 30.3 Å². The van der Waals surface area contributed by atoms with Gasteiger partial charge in [0.15, 0.2) is 0 Å². The molecule has 2 aromatic heterocycles. The molecule has 0 aliphatic rings. The smallest absolute Gasteiger partial charge is 0.220 e. The molecule has 362 valence electrons. The van der Waals surface area contributed by atoms with E-state index >= 15 is 0 Å². The number of rotatable bonds is 25. The molecule has 0 aliphatic carbocycles. The number of carbonyl (C=O) groups excluding carboxylic acids is 2. The number of nitrogens with one attached hydrogen (secondary N) is 2. The number of ether oxygens (including phenoxy) is 4. The first-order valence-electron chi connectivity index (χ1n) is 22.1. The van der Waals surface area contributed by atoms with Gasteiger partial charge in [0.25, 0.3) is 0 Å². The van der Waals surface area contributed by atoms with E-state index in [0.29, 0.717) is 66.4 Å². The maximum atomic E-state index is 11.3. The SMILES string of the molecule is Cc1c(COc2cc(OCc3cncc(C#N)c3)c(CNC[C@@H](O)CC(N)=O)cc2Cl)cccc1-c1cccc(COc2cc(OCc3cncc(C#N)c3)c(CNC[C@@H](O)CC(N)=O)cc2Cl)c1C. The number of pyridine rings is 2. The Morgan fingerprint density at radius 2 is 1.00 bits per heavy atom. The van der Waals surface area contributed by atoms with Crippen LogP contribution in [0.15, 0.2) is 97.6 Å². The van der Waals surface area contributed by atoms with Crippen LogP contribution in [0.4, 0.5) is 0 Å². The summed E-state index contributed by atoms with van der Waals surface area (Å²) in [5.41, 5.74) is 19.7. The fourth-order valence-corrected chi connectivity index (χ4v) is 7.91. The summed E-state index contributed by atoms with van der Waals surface area (Å²) >= 11 is 13.6. The van der Waals surface area contributed by atoms with Crippen LogP contribution >= 0.6 is 23.2 Å². The average Bonchev–Trinajstić information content (AvgIpc) is 3.33. The topological polar surface area (TPSA) is 261 Å². The minimum Gasteiger partial charge on any atom is -0.488 e. The number of hydrogen-bond donors (Lipinski definition) is 6. The van der Waals surface area contributed by atoms with Crippen molar-refractivity contribution in [2.75, 3.05) is 13.1 Å². The molecule has 70 heavy (non-hydrogen) atoms. The maximum Gasteiger partial charge on any atom is 0.220 e. The molecular weight excluding hydrogens is 936 g/mol. The van der Waals surface area contributed by atoms with Crippen LogP contribution in [0.2, 0.25) is 10.0 Å². The second-order valence-corrected chi connectivity index (χ2v) is 17.2. The molecule has 0 saturated heterocycles. The van der Waals surface area contributed by atoms with Gasteiger partial charge in [0.05, 0.1) is 46.2 Å². The molecule has 18 heteroatoms. The molecule has 4 aromatic carbocycles. The molecule has 16 nitrogen and oxygen atoms in total. The number of halogens is 2. The summed E-state index contributed by atoms with van der Waals surface area (Å²) in [6.07, 6.45) is 3.84. The van der Waals surface area contributed by atoms with Crippen LogP contribution in [0.1, 0.15) is 68.5 Å². The molecule has 8 N–H and O–H groups in total. The predicted octanol–water partition coefficient (Wildman–Crippen LogP) is 6.78. The molecule has 6 aromatic rings. The van der Waals surface area contributed by atoms with Gasteiger partial charge in [-0.25, -0.2) is 0 Å². The minimum absolute atomic E-state index is 0.102. The van der Waals surface area contributed by atoms with Crippen molar-refractivity contribution < 1.29 is 38.7 Å². The van der Waals surface area contributed by atoms with Gasteiger partial charge in [-0.05, 0) is 71.5 Å². The number of benzene rings is 4. The third-order valence-corrected chi connectivity index (χ3v) is 11.7. The minimum atomic E-state index is -0.971. The summed E-state index contributed by atoms with van der Waals surface area (Å²) in [5.74, 6) is 0.424. The average molecular weight is 988 g/mol. The van der Waals surface area contributed by atoms with Gasteiger partial charge >= 0.3 is 0 Å². The number of hydrogen-bond acceptors (Lipinski definition) is 14. The zero-order chi connectivity index (χ0) is 50.2. The standard InChI is InChI=1S/C52H52Cl2N8O8/c1-31-37(29-69-49-15-47(67-27-35-9-33(17-55)19-59-21-35)39(11-45(49)53)23-61-25-41(63)13-51(57)65)5-3-7-43(31)44-8-4-6-38(32(44)2)30-70-50-16-48(68-28-36-10-34(18-56)20-60-22-36)40(12-46(50)54)24-62-26-42(64)14-52(58)66/h3-12,15-16,19-22,41-42,61-64H,13-14,23-30H2,1-2H3,(H2,57,65)(H2,58,66)/t41-,42-/m0/s1. The molecule has 2 heterocycles. The lowest BCUT2D eigenvalue weighted by Gasteiger charge is -2.19. The molecule has 0 aliphatic heterocycles. The number of primary amides is 2. The van der Waals surface area contributed by atoms with Crippen molar-refractivity contribution in [3.8, 4) is 46.3 Å². The Balaban J connectivity index is 1.18. The highest BCUT2D eigenvalue weighted by Crippen LogP contribution is 2.37. The Hall–Kier alpha value is -7.28. The summed E-state index contributed by atoms with van der Waals surface area (Å²) < 4.78 is 25.2. The number of amides is 2. The fraction of sp³-hybridized carbons (Fsp3) is 0.269. The first-order valence-corrected chi connectivity index (χ1v) is 22.8. The quantitative estimate of drug-likeness (QED) is 0.0346. The highest BCUT2D eigenvalue weighted by atomic mass is 35.5. The van der Waals surface area contributed by atoms with Crippen molar-refractivity contribution in [1.82, 2.24) is 20.6 Å². The molecular formula is C52H52Cl2N8O8. The van der Waals surface area contributed by atoms with Crippen LogP contribution < -0.4 is 41.0 Å².